The van der Waals surface area contributed by atoms with Crippen molar-refractivity contribution in [3.8, 4) is 0 Å². The number of aryl methyl sites for hydroxylation is 1. The zero-order chi connectivity index (χ0) is 18.0. The summed E-state index contributed by atoms with van der Waals surface area (Å²) in [5, 5.41) is 13.2. The maximum absolute atomic E-state index is 12.9. The van der Waals surface area contributed by atoms with Gasteiger partial charge in [0.1, 0.15) is 5.82 Å². The van der Waals surface area contributed by atoms with Crippen molar-refractivity contribution in [3.63, 3.8) is 0 Å². The fraction of sp³-hybridized carbons (Fsp3) is 0.381. The van der Waals surface area contributed by atoms with Crippen molar-refractivity contribution < 1.29 is 14.3 Å². The van der Waals surface area contributed by atoms with Crippen LogP contribution in [-0.2, 0) is 4.79 Å². The summed E-state index contributed by atoms with van der Waals surface area (Å²) >= 11 is 0. The molecule has 2 aromatic rings. The standard InChI is InChI=1S/C21H24FNO2/c1-13-5-3-4-6-17(13)18-12-19(18)21(25)23-14(2)11-20(24)15-7-9-16(22)10-8-15/h3-10,14,18-20,24H,11-12H2,1-2H3,(H,23,25). The van der Waals surface area contributed by atoms with Crippen molar-refractivity contribution in [2.24, 2.45) is 5.92 Å². The molecule has 3 nitrogen and oxygen atoms in total. The summed E-state index contributed by atoms with van der Waals surface area (Å²) in [7, 11) is 0. The molecule has 0 radical (unpaired) electrons. The van der Waals surface area contributed by atoms with Crippen LogP contribution in [0.25, 0.3) is 0 Å². The molecule has 4 unspecified atom stereocenters. The highest BCUT2D eigenvalue weighted by molar-refractivity contribution is 5.83. The molecular formula is C21H24FNO2. The van der Waals surface area contributed by atoms with Crippen molar-refractivity contribution >= 4 is 5.91 Å². The summed E-state index contributed by atoms with van der Waals surface area (Å²) in [6.07, 6.45) is 0.561. The zero-order valence-corrected chi connectivity index (χ0v) is 14.6. The molecule has 1 saturated carbocycles. The van der Waals surface area contributed by atoms with E-state index in [1.165, 1.54) is 23.3 Å². The topological polar surface area (TPSA) is 49.3 Å². The molecule has 4 heteroatoms. The van der Waals surface area contributed by atoms with Gasteiger partial charge in [-0.25, -0.2) is 4.39 Å². The minimum atomic E-state index is -0.720. The maximum Gasteiger partial charge on any atom is 0.223 e. The molecule has 1 fully saturated rings. The molecule has 0 aromatic heterocycles. The minimum Gasteiger partial charge on any atom is -0.388 e. The normalized spacial score (nSPS) is 21.4. The minimum absolute atomic E-state index is 0.0199. The highest BCUT2D eigenvalue weighted by Crippen LogP contribution is 2.48. The molecule has 2 aromatic carbocycles. The predicted molar refractivity (Wildman–Crippen MR) is 95.6 cm³/mol. The Morgan fingerprint density at radius 1 is 1.24 bits per heavy atom. The third-order valence-electron chi connectivity index (χ3n) is 4.94. The van der Waals surface area contributed by atoms with Crippen LogP contribution in [0.2, 0.25) is 0 Å². The van der Waals surface area contributed by atoms with Crippen LogP contribution < -0.4 is 5.32 Å². The molecule has 0 aliphatic heterocycles. The third-order valence-corrected chi connectivity index (χ3v) is 4.94. The van der Waals surface area contributed by atoms with Gasteiger partial charge in [-0.3, -0.25) is 4.79 Å². The van der Waals surface area contributed by atoms with Gasteiger partial charge in [0.2, 0.25) is 5.91 Å². The van der Waals surface area contributed by atoms with Gasteiger partial charge in [-0.05, 0) is 61.4 Å². The Bertz CT molecular complexity index is 744. The first-order valence-corrected chi connectivity index (χ1v) is 8.75. The first-order chi connectivity index (χ1) is 12.0. The highest BCUT2D eigenvalue weighted by atomic mass is 19.1. The van der Waals surface area contributed by atoms with E-state index in [0.29, 0.717) is 17.9 Å². The van der Waals surface area contributed by atoms with Crippen LogP contribution in [0.5, 0.6) is 0 Å². The van der Waals surface area contributed by atoms with Crippen LogP contribution in [-0.4, -0.2) is 17.1 Å². The first kappa shape index (κ1) is 17.6. The average Bonchev–Trinajstić information content (AvgIpc) is 3.36. The molecular weight excluding hydrogens is 317 g/mol. The van der Waals surface area contributed by atoms with Gasteiger partial charge in [-0.15, -0.1) is 0 Å². The smallest absolute Gasteiger partial charge is 0.223 e. The van der Waals surface area contributed by atoms with Crippen molar-refractivity contribution in [3.05, 3.63) is 71.0 Å². The molecule has 25 heavy (non-hydrogen) atoms. The molecule has 3 rings (SSSR count). The number of carbonyl (C=O) groups excluding carboxylic acids is 1. The summed E-state index contributed by atoms with van der Waals surface area (Å²) in [5.41, 5.74) is 3.14. The summed E-state index contributed by atoms with van der Waals surface area (Å²) in [4.78, 5) is 12.4. The average molecular weight is 341 g/mol. The molecule has 0 bridgehead atoms. The van der Waals surface area contributed by atoms with Gasteiger partial charge in [-0.1, -0.05) is 36.4 Å². The van der Waals surface area contributed by atoms with Crippen molar-refractivity contribution in [1.82, 2.24) is 5.32 Å². The molecule has 2 N–H and O–H groups in total. The lowest BCUT2D eigenvalue weighted by atomic mass is 10.0. The monoisotopic (exact) mass is 341 g/mol. The van der Waals surface area contributed by atoms with E-state index >= 15 is 0 Å². The van der Waals surface area contributed by atoms with E-state index in [9.17, 15) is 14.3 Å². The second kappa shape index (κ2) is 7.36. The van der Waals surface area contributed by atoms with Gasteiger partial charge in [0.05, 0.1) is 6.10 Å². The Morgan fingerprint density at radius 3 is 2.60 bits per heavy atom. The molecule has 132 valence electrons. The number of hydrogen-bond donors (Lipinski definition) is 2. The number of amides is 1. The van der Waals surface area contributed by atoms with Gasteiger partial charge in [-0.2, -0.15) is 0 Å². The summed E-state index contributed by atoms with van der Waals surface area (Å²) in [5.74, 6) is 0.0438. The van der Waals surface area contributed by atoms with E-state index < -0.39 is 6.10 Å². The van der Waals surface area contributed by atoms with Crippen molar-refractivity contribution in [2.45, 2.75) is 44.8 Å². The van der Waals surface area contributed by atoms with Crippen LogP contribution in [0.4, 0.5) is 4.39 Å². The zero-order valence-electron chi connectivity index (χ0n) is 14.6. The molecule has 1 aliphatic carbocycles. The van der Waals surface area contributed by atoms with Gasteiger partial charge in [0, 0.05) is 12.0 Å². The predicted octanol–water partition coefficient (Wildman–Crippen LogP) is 3.87. The third kappa shape index (κ3) is 4.26. The lowest BCUT2D eigenvalue weighted by molar-refractivity contribution is -0.123. The van der Waals surface area contributed by atoms with Crippen LogP contribution in [0, 0.1) is 18.7 Å². The lowest BCUT2D eigenvalue weighted by Crippen LogP contribution is -2.35. The summed E-state index contributed by atoms with van der Waals surface area (Å²) in [6, 6.07) is 13.8. The second-order valence-electron chi connectivity index (χ2n) is 7.02. The van der Waals surface area contributed by atoms with Crippen LogP contribution in [0.1, 0.15) is 48.5 Å². The van der Waals surface area contributed by atoms with Gasteiger partial charge in [0.15, 0.2) is 0 Å². The highest BCUT2D eigenvalue weighted by Gasteiger charge is 2.44. The molecule has 1 aliphatic rings. The fourth-order valence-corrected chi connectivity index (χ4v) is 3.40. The van der Waals surface area contributed by atoms with Crippen LogP contribution in [0.15, 0.2) is 48.5 Å². The van der Waals surface area contributed by atoms with Gasteiger partial charge in [0.25, 0.3) is 0 Å². The van der Waals surface area contributed by atoms with E-state index in [1.54, 1.807) is 12.1 Å². The number of aliphatic hydroxyl groups is 1. The Labute approximate surface area is 147 Å². The molecule has 1 amide bonds. The van der Waals surface area contributed by atoms with Crippen LogP contribution >= 0.6 is 0 Å². The Hall–Kier alpha value is -2.20. The molecule has 0 heterocycles. The number of rotatable bonds is 6. The van der Waals surface area contributed by atoms with E-state index in [0.717, 1.165) is 6.42 Å². The van der Waals surface area contributed by atoms with E-state index in [2.05, 4.69) is 24.4 Å². The number of carbonyl (C=O) groups is 1. The first-order valence-electron chi connectivity index (χ1n) is 8.75. The SMILES string of the molecule is Cc1ccccc1C1CC1C(=O)NC(C)CC(O)c1ccc(F)cc1. The van der Waals surface area contributed by atoms with Gasteiger partial charge < -0.3 is 10.4 Å². The molecule has 0 saturated heterocycles. The lowest BCUT2D eigenvalue weighted by Gasteiger charge is -2.18. The number of nitrogens with one attached hydrogen (secondary N) is 1. The van der Waals surface area contributed by atoms with E-state index in [-0.39, 0.29) is 23.7 Å². The maximum atomic E-state index is 12.9. The van der Waals surface area contributed by atoms with E-state index in [1.807, 2.05) is 19.1 Å². The summed E-state index contributed by atoms with van der Waals surface area (Å²) < 4.78 is 12.9. The van der Waals surface area contributed by atoms with Gasteiger partial charge >= 0.3 is 0 Å². The molecule has 0 spiro atoms. The van der Waals surface area contributed by atoms with Crippen molar-refractivity contribution in [2.75, 3.05) is 0 Å². The Balaban J connectivity index is 1.52. The Kier molecular flexibility index (Phi) is 5.19. The van der Waals surface area contributed by atoms with Crippen LogP contribution in [0.3, 0.4) is 0 Å². The van der Waals surface area contributed by atoms with Crippen molar-refractivity contribution in [1.29, 1.82) is 0 Å². The fourth-order valence-electron chi connectivity index (χ4n) is 3.40. The second-order valence-corrected chi connectivity index (χ2v) is 7.02. The largest absolute Gasteiger partial charge is 0.388 e. The number of halogens is 1. The molecule has 4 atom stereocenters. The van der Waals surface area contributed by atoms with E-state index in [4.69, 9.17) is 0 Å². The quantitative estimate of drug-likeness (QED) is 0.838. The Morgan fingerprint density at radius 2 is 1.92 bits per heavy atom. The number of benzene rings is 2. The number of hydrogen-bond acceptors (Lipinski definition) is 2. The summed E-state index contributed by atoms with van der Waals surface area (Å²) in [6.45, 7) is 3.96. The number of aliphatic hydroxyl groups excluding tert-OH is 1.